The highest BCUT2D eigenvalue weighted by Crippen LogP contribution is 2.42. The molecular formula is C21H21F4N3O6. The van der Waals surface area contributed by atoms with Crippen LogP contribution in [-0.2, 0) is 9.53 Å². The average Bonchev–Trinajstić information content (AvgIpc) is 3.33. The van der Waals surface area contributed by atoms with Crippen LogP contribution in [0.3, 0.4) is 0 Å². The number of hydrogen-bond donors (Lipinski definition) is 1. The molecular weight excluding hydrogens is 466 g/mol. The van der Waals surface area contributed by atoms with E-state index in [9.17, 15) is 22.4 Å². The number of ether oxygens (including phenoxy) is 2. The van der Waals surface area contributed by atoms with Crippen LogP contribution in [0.5, 0.6) is 5.88 Å². The first kappa shape index (κ1) is 23.9. The van der Waals surface area contributed by atoms with Gasteiger partial charge in [-0.1, -0.05) is 5.16 Å². The third-order valence-electron chi connectivity index (χ3n) is 5.92. The van der Waals surface area contributed by atoms with E-state index in [1.54, 1.807) is 11.0 Å². The third-order valence-corrected chi connectivity index (χ3v) is 5.92. The van der Waals surface area contributed by atoms with E-state index in [1.807, 2.05) is 0 Å². The molecule has 3 aliphatic rings. The maximum absolute atomic E-state index is 13.7. The number of halogens is 4. The Bertz CT molecular complexity index is 1050. The van der Waals surface area contributed by atoms with E-state index in [4.69, 9.17) is 23.9 Å². The van der Waals surface area contributed by atoms with Crippen molar-refractivity contribution in [2.24, 2.45) is 5.92 Å². The van der Waals surface area contributed by atoms with E-state index in [0.29, 0.717) is 37.9 Å². The summed E-state index contributed by atoms with van der Waals surface area (Å²) in [6.07, 6.45) is -0.576. The molecule has 5 rings (SSSR count). The number of rotatable bonds is 5. The van der Waals surface area contributed by atoms with Crippen LogP contribution in [0, 0.1) is 11.7 Å². The van der Waals surface area contributed by atoms with Crippen LogP contribution in [-0.4, -0.2) is 70.1 Å². The maximum Gasteiger partial charge on any atom is 0.490 e. The van der Waals surface area contributed by atoms with Gasteiger partial charge in [0.1, 0.15) is 11.4 Å². The molecule has 184 valence electrons. The van der Waals surface area contributed by atoms with E-state index in [2.05, 4.69) is 10.1 Å². The second-order valence-electron chi connectivity index (χ2n) is 8.35. The number of carboxylic acid groups (broad SMARTS) is 1. The lowest BCUT2D eigenvalue weighted by atomic mass is 9.81. The van der Waals surface area contributed by atoms with Crippen molar-refractivity contribution < 1.29 is 46.3 Å². The highest BCUT2D eigenvalue weighted by molar-refractivity contribution is 5.93. The third kappa shape index (κ3) is 5.13. The van der Waals surface area contributed by atoms with Gasteiger partial charge in [-0.05, 0) is 31.4 Å². The number of amides is 1. The molecule has 3 fully saturated rings. The van der Waals surface area contributed by atoms with E-state index in [0.717, 1.165) is 25.0 Å². The standard InChI is InChI=1S/C19H20FN3O4.C2HF3O2/c20-14-2-1-6-21-17(14)25-9-13-5-7-26-19(13)10-23(11-19)18(24)15-8-16(27-22-15)12-3-4-12;3-2(4,5)1(6)7/h1-2,6,8,12-13H,3-5,7,9-11H2;(H,6,7). The fraction of sp³-hybridized carbons (Fsp3) is 0.524. The molecule has 4 heterocycles. The Kier molecular flexibility index (Phi) is 6.47. The van der Waals surface area contributed by atoms with Gasteiger partial charge >= 0.3 is 12.1 Å². The van der Waals surface area contributed by atoms with Crippen molar-refractivity contribution in [1.82, 2.24) is 15.0 Å². The van der Waals surface area contributed by atoms with Gasteiger partial charge < -0.3 is 24.0 Å². The number of likely N-dealkylation sites (tertiary alicyclic amines) is 1. The first-order valence-electron chi connectivity index (χ1n) is 10.5. The zero-order valence-electron chi connectivity index (χ0n) is 17.8. The number of hydrogen-bond acceptors (Lipinski definition) is 7. The summed E-state index contributed by atoms with van der Waals surface area (Å²) in [7, 11) is 0. The zero-order valence-corrected chi connectivity index (χ0v) is 17.8. The first-order valence-corrected chi connectivity index (χ1v) is 10.5. The second kappa shape index (κ2) is 9.20. The monoisotopic (exact) mass is 487 g/mol. The van der Waals surface area contributed by atoms with Crippen molar-refractivity contribution >= 4 is 11.9 Å². The summed E-state index contributed by atoms with van der Waals surface area (Å²) < 4.78 is 62.2. The van der Waals surface area contributed by atoms with Gasteiger partial charge in [0.05, 0.1) is 19.7 Å². The van der Waals surface area contributed by atoms with Crippen LogP contribution < -0.4 is 4.74 Å². The Balaban J connectivity index is 0.000000344. The average molecular weight is 487 g/mol. The molecule has 2 saturated heterocycles. The largest absolute Gasteiger partial charge is 0.490 e. The summed E-state index contributed by atoms with van der Waals surface area (Å²) >= 11 is 0. The molecule has 34 heavy (non-hydrogen) atoms. The highest BCUT2D eigenvalue weighted by Gasteiger charge is 2.55. The number of pyridine rings is 1. The lowest BCUT2D eigenvalue weighted by molar-refractivity contribution is -0.192. The fourth-order valence-electron chi connectivity index (χ4n) is 3.88. The predicted molar refractivity (Wildman–Crippen MR) is 105 cm³/mol. The van der Waals surface area contributed by atoms with Gasteiger partial charge in [-0.25, -0.2) is 14.2 Å². The normalized spacial score (nSPS) is 20.9. The van der Waals surface area contributed by atoms with Gasteiger partial charge in [0, 0.05) is 30.7 Å². The van der Waals surface area contributed by atoms with E-state index < -0.39 is 23.6 Å². The van der Waals surface area contributed by atoms with Crippen molar-refractivity contribution in [3.05, 3.63) is 41.7 Å². The molecule has 2 aromatic heterocycles. The van der Waals surface area contributed by atoms with Crippen LogP contribution >= 0.6 is 0 Å². The van der Waals surface area contributed by atoms with Crippen LogP contribution in [0.4, 0.5) is 17.6 Å². The van der Waals surface area contributed by atoms with Gasteiger partial charge in [-0.3, -0.25) is 4.79 Å². The van der Waals surface area contributed by atoms with Crippen molar-refractivity contribution in [3.63, 3.8) is 0 Å². The SMILES string of the molecule is O=C(O)C(F)(F)F.O=C(c1cc(C2CC2)on1)N1CC2(C1)OCCC2COc1ncccc1F. The number of aliphatic carboxylic acids is 1. The molecule has 1 saturated carbocycles. The van der Waals surface area contributed by atoms with Crippen molar-refractivity contribution in [2.45, 2.75) is 37.0 Å². The van der Waals surface area contributed by atoms with E-state index in [1.165, 1.54) is 18.3 Å². The smallest absolute Gasteiger partial charge is 0.475 e. The van der Waals surface area contributed by atoms with Crippen LogP contribution in [0.15, 0.2) is 28.9 Å². The number of aromatic nitrogens is 2. The second-order valence-corrected chi connectivity index (χ2v) is 8.35. The fourth-order valence-corrected chi connectivity index (χ4v) is 3.88. The first-order chi connectivity index (χ1) is 16.1. The van der Waals surface area contributed by atoms with Crippen LogP contribution in [0.1, 0.15) is 41.4 Å². The molecule has 2 aromatic rings. The molecule has 1 spiro atoms. The van der Waals surface area contributed by atoms with Crippen molar-refractivity contribution in [2.75, 3.05) is 26.3 Å². The molecule has 0 aromatic carbocycles. The molecule has 1 N–H and O–H groups in total. The minimum atomic E-state index is -5.08. The molecule has 2 aliphatic heterocycles. The summed E-state index contributed by atoms with van der Waals surface area (Å²) in [5.41, 5.74) is -0.0719. The number of alkyl halides is 3. The number of carbonyl (C=O) groups excluding carboxylic acids is 1. The minimum Gasteiger partial charge on any atom is -0.475 e. The molecule has 13 heteroatoms. The van der Waals surface area contributed by atoms with E-state index >= 15 is 0 Å². The van der Waals surface area contributed by atoms with Gasteiger partial charge in [0.2, 0.25) is 5.88 Å². The van der Waals surface area contributed by atoms with Crippen molar-refractivity contribution in [3.8, 4) is 5.88 Å². The zero-order chi connectivity index (χ0) is 24.5. The molecule has 1 aliphatic carbocycles. The number of carboxylic acids is 1. The molecule has 9 nitrogen and oxygen atoms in total. The Morgan fingerprint density at radius 3 is 2.59 bits per heavy atom. The number of carbonyl (C=O) groups is 2. The summed E-state index contributed by atoms with van der Waals surface area (Å²) in [6.45, 7) is 1.88. The molecule has 0 bridgehead atoms. The molecule has 1 unspecified atom stereocenters. The Labute approximate surface area is 190 Å². The lowest BCUT2D eigenvalue weighted by Gasteiger charge is -2.49. The highest BCUT2D eigenvalue weighted by atomic mass is 19.4. The molecule has 1 atom stereocenters. The van der Waals surface area contributed by atoms with Gasteiger partial charge in [0.25, 0.3) is 5.91 Å². The van der Waals surface area contributed by atoms with Crippen molar-refractivity contribution in [1.29, 1.82) is 0 Å². The van der Waals surface area contributed by atoms with Crippen LogP contribution in [0.2, 0.25) is 0 Å². The maximum atomic E-state index is 13.7. The quantitative estimate of drug-likeness (QED) is 0.640. The summed E-state index contributed by atoms with van der Waals surface area (Å²) in [5, 5.41) is 11.0. The van der Waals surface area contributed by atoms with Gasteiger partial charge in [-0.2, -0.15) is 13.2 Å². The molecule has 1 amide bonds. The summed E-state index contributed by atoms with van der Waals surface area (Å²) in [4.78, 5) is 27.1. The Morgan fingerprint density at radius 1 is 1.26 bits per heavy atom. The predicted octanol–water partition coefficient (Wildman–Crippen LogP) is 3.03. The van der Waals surface area contributed by atoms with E-state index in [-0.39, 0.29) is 17.7 Å². The van der Waals surface area contributed by atoms with Gasteiger partial charge in [0.15, 0.2) is 11.5 Å². The summed E-state index contributed by atoms with van der Waals surface area (Å²) in [6, 6.07) is 4.60. The Morgan fingerprint density at radius 2 is 1.97 bits per heavy atom. The minimum absolute atomic E-state index is 0.00186. The van der Waals surface area contributed by atoms with Crippen LogP contribution in [0.25, 0.3) is 0 Å². The topological polar surface area (TPSA) is 115 Å². The number of nitrogens with zero attached hydrogens (tertiary/aromatic N) is 3. The summed E-state index contributed by atoms with van der Waals surface area (Å²) in [5.74, 6) is -2.06. The Hall–Kier alpha value is -3.22. The molecule has 0 radical (unpaired) electrons. The van der Waals surface area contributed by atoms with Gasteiger partial charge in [-0.15, -0.1) is 0 Å². The lowest BCUT2D eigenvalue weighted by Crippen LogP contribution is -2.66.